The van der Waals surface area contributed by atoms with E-state index in [0.717, 1.165) is 0 Å². The Kier molecular flexibility index (Phi) is 3.63. The fraction of sp³-hybridized carbons (Fsp3) is 0.300. The van der Waals surface area contributed by atoms with E-state index in [2.05, 4.69) is 15.9 Å². The Morgan fingerprint density at radius 2 is 2.29 bits per heavy atom. The summed E-state index contributed by atoms with van der Waals surface area (Å²) in [4.78, 5) is 10.3. The smallest absolute Gasteiger partial charge is 0.136 e. The lowest BCUT2D eigenvalue weighted by molar-refractivity contribution is -0.108. The Morgan fingerprint density at radius 1 is 1.64 bits per heavy atom. The van der Waals surface area contributed by atoms with Crippen molar-refractivity contribution in [3.63, 3.8) is 0 Å². The zero-order valence-electron chi connectivity index (χ0n) is 7.63. The van der Waals surface area contributed by atoms with Gasteiger partial charge in [0.25, 0.3) is 0 Å². The minimum absolute atomic E-state index is 0.126. The van der Waals surface area contributed by atoms with E-state index in [1.165, 1.54) is 12.1 Å². The van der Waals surface area contributed by atoms with Crippen LogP contribution >= 0.6 is 15.9 Å². The molecule has 1 rings (SSSR count). The number of carbonyl (C=O) groups excluding carboxylic acids is 1. The van der Waals surface area contributed by atoms with Crippen LogP contribution in [-0.2, 0) is 4.79 Å². The van der Waals surface area contributed by atoms with Gasteiger partial charge in [-0.05, 0) is 34.0 Å². The van der Waals surface area contributed by atoms with Gasteiger partial charge >= 0.3 is 0 Å². The molecule has 4 heteroatoms. The van der Waals surface area contributed by atoms with E-state index < -0.39 is 5.82 Å². The van der Waals surface area contributed by atoms with Gasteiger partial charge in [0.05, 0.1) is 4.47 Å². The predicted molar refractivity (Wildman–Crippen MR) is 54.9 cm³/mol. The molecule has 0 bridgehead atoms. The van der Waals surface area contributed by atoms with E-state index in [1.54, 1.807) is 6.92 Å². The summed E-state index contributed by atoms with van der Waals surface area (Å²) in [5.74, 6) is -0.926. The molecule has 1 aromatic carbocycles. The maximum Gasteiger partial charge on any atom is 0.136 e. The van der Waals surface area contributed by atoms with Crippen molar-refractivity contribution in [2.45, 2.75) is 19.3 Å². The minimum atomic E-state index is -0.486. The number of rotatable bonds is 3. The highest BCUT2D eigenvalue weighted by Crippen LogP contribution is 2.35. The molecule has 0 spiro atoms. The summed E-state index contributed by atoms with van der Waals surface area (Å²) in [6.07, 6.45) is 0.908. The number of hydrogen-bond acceptors (Lipinski definition) is 2. The maximum atomic E-state index is 13.3. The number of phenolic OH excluding ortho intramolecular Hbond substituents is 1. The van der Waals surface area contributed by atoms with Crippen LogP contribution in [0.2, 0.25) is 0 Å². The second kappa shape index (κ2) is 4.55. The number of hydrogen-bond donors (Lipinski definition) is 1. The van der Waals surface area contributed by atoms with E-state index in [4.69, 9.17) is 0 Å². The molecule has 0 aliphatic heterocycles. The molecule has 0 amide bonds. The molecular weight excluding hydrogens is 251 g/mol. The Labute approximate surface area is 89.9 Å². The lowest BCUT2D eigenvalue weighted by Gasteiger charge is -2.12. The van der Waals surface area contributed by atoms with Gasteiger partial charge in [0.15, 0.2) is 0 Å². The lowest BCUT2D eigenvalue weighted by atomic mass is 9.97. The molecule has 1 atom stereocenters. The summed E-state index contributed by atoms with van der Waals surface area (Å²) in [6, 6.07) is 2.70. The number of aromatic hydroxyl groups is 1. The summed E-state index contributed by atoms with van der Waals surface area (Å²) in [5.41, 5.74) is 0.187. The molecule has 1 N–H and O–H groups in total. The molecule has 0 saturated carbocycles. The molecule has 0 saturated heterocycles. The van der Waals surface area contributed by atoms with Crippen LogP contribution in [0.25, 0.3) is 0 Å². The van der Waals surface area contributed by atoms with Crippen molar-refractivity contribution in [3.8, 4) is 5.75 Å². The fourth-order valence-corrected chi connectivity index (χ4v) is 1.63. The van der Waals surface area contributed by atoms with E-state index in [-0.39, 0.29) is 23.7 Å². The lowest BCUT2D eigenvalue weighted by Crippen LogP contribution is -1.99. The maximum absolute atomic E-state index is 13.3. The molecule has 0 aliphatic carbocycles. The summed E-state index contributed by atoms with van der Waals surface area (Å²) >= 11 is 3.09. The average molecular weight is 261 g/mol. The van der Waals surface area contributed by atoms with E-state index in [1.807, 2.05) is 0 Å². The monoisotopic (exact) mass is 260 g/mol. The van der Waals surface area contributed by atoms with Gasteiger partial charge < -0.3 is 9.90 Å². The van der Waals surface area contributed by atoms with Gasteiger partial charge in [-0.1, -0.05) is 6.92 Å². The minimum Gasteiger partial charge on any atom is -0.506 e. The van der Waals surface area contributed by atoms with Gasteiger partial charge in [-0.3, -0.25) is 0 Å². The van der Waals surface area contributed by atoms with Crippen LogP contribution in [0.4, 0.5) is 4.39 Å². The first kappa shape index (κ1) is 11.2. The molecule has 2 nitrogen and oxygen atoms in total. The molecule has 0 fully saturated rings. The number of aldehydes is 1. The van der Waals surface area contributed by atoms with E-state index in [9.17, 15) is 14.3 Å². The van der Waals surface area contributed by atoms with Crippen LogP contribution in [0.1, 0.15) is 24.8 Å². The first-order valence-electron chi connectivity index (χ1n) is 4.18. The zero-order chi connectivity index (χ0) is 10.7. The van der Waals surface area contributed by atoms with Crippen LogP contribution in [0.15, 0.2) is 16.6 Å². The average Bonchev–Trinajstić information content (AvgIpc) is 2.13. The first-order valence-corrected chi connectivity index (χ1v) is 4.97. The summed E-state index contributed by atoms with van der Waals surface area (Å²) < 4.78 is 13.7. The molecule has 0 aliphatic rings. The first-order chi connectivity index (χ1) is 6.57. The second-order valence-electron chi connectivity index (χ2n) is 3.09. The van der Waals surface area contributed by atoms with Crippen molar-refractivity contribution >= 4 is 22.2 Å². The molecule has 0 radical (unpaired) electrons. The fourth-order valence-electron chi connectivity index (χ4n) is 1.29. The quantitative estimate of drug-likeness (QED) is 0.849. The predicted octanol–water partition coefficient (Wildman–Crippen LogP) is 2.99. The van der Waals surface area contributed by atoms with E-state index in [0.29, 0.717) is 10.8 Å². The number of benzene rings is 1. The third-order valence-electron chi connectivity index (χ3n) is 2.06. The van der Waals surface area contributed by atoms with Crippen molar-refractivity contribution in [2.24, 2.45) is 0 Å². The zero-order valence-corrected chi connectivity index (χ0v) is 9.21. The van der Waals surface area contributed by atoms with Crippen molar-refractivity contribution in [1.82, 2.24) is 0 Å². The highest BCUT2D eigenvalue weighted by Gasteiger charge is 2.17. The molecular formula is C10H10BrFO2. The van der Waals surface area contributed by atoms with E-state index >= 15 is 0 Å². The molecule has 1 aromatic rings. The van der Waals surface area contributed by atoms with Crippen molar-refractivity contribution in [1.29, 1.82) is 0 Å². The van der Waals surface area contributed by atoms with Gasteiger partial charge in [-0.15, -0.1) is 0 Å². The van der Waals surface area contributed by atoms with Gasteiger partial charge in [0, 0.05) is 12.0 Å². The van der Waals surface area contributed by atoms with Crippen LogP contribution < -0.4 is 0 Å². The summed E-state index contributed by atoms with van der Waals surface area (Å²) in [6.45, 7) is 1.69. The molecule has 0 heterocycles. The van der Waals surface area contributed by atoms with Crippen molar-refractivity contribution in [2.75, 3.05) is 0 Å². The van der Waals surface area contributed by atoms with Crippen LogP contribution in [-0.4, -0.2) is 11.4 Å². The Morgan fingerprint density at radius 3 is 2.86 bits per heavy atom. The largest absolute Gasteiger partial charge is 0.506 e. The molecule has 1 unspecified atom stereocenters. The third-order valence-corrected chi connectivity index (χ3v) is 2.70. The Balaban J connectivity index is 3.17. The summed E-state index contributed by atoms with van der Waals surface area (Å²) in [7, 11) is 0. The normalized spacial score (nSPS) is 12.5. The van der Waals surface area contributed by atoms with Crippen LogP contribution in [0.5, 0.6) is 5.75 Å². The van der Waals surface area contributed by atoms with Gasteiger partial charge in [0.2, 0.25) is 0 Å². The number of halogens is 2. The standard InChI is InChI=1S/C10H10BrFO2/c1-6(4-5-13)9-8(12)3-2-7(11)10(9)14/h2-3,5-6,14H,4H2,1H3. The highest BCUT2D eigenvalue weighted by molar-refractivity contribution is 9.10. The molecule has 14 heavy (non-hydrogen) atoms. The number of carbonyl (C=O) groups is 1. The van der Waals surface area contributed by atoms with Crippen LogP contribution in [0, 0.1) is 5.82 Å². The SMILES string of the molecule is CC(CC=O)c1c(F)ccc(Br)c1O. The van der Waals surface area contributed by atoms with Crippen molar-refractivity contribution < 1.29 is 14.3 Å². The summed E-state index contributed by atoms with van der Waals surface area (Å²) in [5, 5.41) is 9.57. The topological polar surface area (TPSA) is 37.3 Å². The van der Waals surface area contributed by atoms with Gasteiger partial charge in [-0.2, -0.15) is 0 Å². The number of phenols is 1. The van der Waals surface area contributed by atoms with Gasteiger partial charge in [-0.25, -0.2) is 4.39 Å². The third kappa shape index (κ3) is 2.12. The molecule has 76 valence electrons. The van der Waals surface area contributed by atoms with Crippen molar-refractivity contribution in [3.05, 3.63) is 28.0 Å². The molecule has 0 aromatic heterocycles. The Hall–Kier alpha value is -0.900. The van der Waals surface area contributed by atoms with Gasteiger partial charge in [0.1, 0.15) is 17.9 Å². The Bertz CT molecular complexity index is 352. The van der Waals surface area contributed by atoms with Crippen LogP contribution in [0.3, 0.4) is 0 Å². The highest BCUT2D eigenvalue weighted by atomic mass is 79.9. The second-order valence-corrected chi connectivity index (χ2v) is 3.95.